The van der Waals surface area contributed by atoms with Crippen molar-refractivity contribution in [1.29, 1.82) is 0 Å². The molecule has 0 radical (unpaired) electrons. The van der Waals surface area contributed by atoms with E-state index in [1.807, 2.05) is 78.6 Å². The number of benzene rings is 3. The summed E-state index contributed by atoms with van der Waals surface area (Å²) in [6.45, 7) is 4.41. The van der Waals surface area contributed by atoms with Crippen molar-refractivity contribution >= 4 is 40.8 Å². The molecule has 0 saturated carbocycles. The van der Waals surface area contributed by atoms with Crippen LogP contribution >= 0.6 is 23.2 Å². The average Bonchev–Trinajstić information content (AvgIpc) is 3.27. The van der Waals surface area contributed by atoms with E-state index in [1.54, 1.807) is 29.2 Å². The van der Waals surface area contributed by atoms with Crippen molar-refractivity contribution < 1.29 is 9.59 Å². The molecular weight excluding hydrogens is 557 g/mol. The number of carbonyl (C=O) groups is 2. The van der Waals surface area contributed by atoms with Crippen LogP contribution in [0.3, 0.4) is 0 Å². The van der Waals surface area contributed by atoms with E-state index in [2.05, 4.69) is 15.1 Å². The Balaban J connectivity index is 1.28. The van der Waals surface area contributed by atoms with E-state index in [9.17, 15) is 9.59 Å². The quantitative estimate of drug-likeness (QED) is 0.250. The molecule has 7 nitrogen and oxygen atoms in total. The number of anilines is 1. The highest BCUT2D eigenvalue weighted by molar-refractivity contribution is 6.33. The molecular formula is C32H31Cl2N5O2. The topological polar surface area (TPSA) is 69.6 Å². The van der Waals surface area contributed by atoms with E-state index in [-0.39, 0.29) is 24.4 Å². The van der Waals surface area contributed by atoms with Gasteiger partial charge in [0.1, 0.15) is 6.54 Å². The number of hydrogen-bond donors (Lipinski definition) is 0. The van der Waals surface area contributed by atoms with Crippen molar-refractivity contribution in [2.45, 2.75) is 19.4 Å². The lowest BCUT2D eigenvalue weighted by Crippen LogP contribution is -2.45. The first-order valence-electron chi connectivity index (χ1n) is 13.6. The number of rotatable bonds is 7. The van der Waals surface area contributed by atoms with Crippen LogP contribution in [-0.4, -0.2) is 64.5 Å². The van der Waals surface area contributed by atoms with Gasteiger partial charge in [-0.15, -0.1) is 10.2 Å². The van der Waals surface area contributed by atoms with Crippen LogP contribution in [0.1, 0.15) is 35.3 Å². The third-order valence-corrected chi connectivity index (χ3v) is 7.96. The first-order chi connectivity index (χ1) is 19.9. The molecule has 1 unspecified atom stereocenters. The van der Waals surface area contributed by atoms with E-state index in [0.29, 0.717) is 40.9 Å². The standard InChI is InChI=1S/C32H31Cl2N5O2/c1-23(24-8-3-2-4-9-24)39(32(41)25-12-14-26(33)15-13-25)22-31(40)38-19-7-18-37(20-21-38)30-17-16-29(35-36-30)27-10-5-6-11-28(27)34/h2-6,8-17,23H,7,18-22H2,1H3. The van der Waals surface area contributed by atoms with Crippen molar-refractivity contribution in [1.82, 2.24) is 20.0 Å². The zero-order valence-corrected chi connectivity index (χ0v) is 24.3. The fourth-order valence-electron chi connectivity index (χ4n) is 5.00. The third-order valence-electron chi connectivity index (χ3n) is 7.38. The van der Waals surface area contributed by atoms with Gasteiger partial charge in [0.2, 0.25) is 5.91 Å². The molecule has 1 aromatic heterocycles. The second-order valence-corrected chi connectivity index (χ2v) is 10.8. The first kappa shape index (κ1) is 28.6. The number of halogens is 2. The van der Waals surface area contributed by atoms with Gasteiger partial charge in [0.25, 0.3) is 5.91 Å². The summed E-state index contributed by atoms with van der Waals surface area (Å²) in [7, 11) is 0. The summed E-state index contributed by atoms with van der Waals surface area (Å²) in [5, 5.41) is 10.0. The zero-order valence-electron chi connectivity index (χ0n) is 22.8. The van der Waals surface area contributed by atoms with Crippen LogP contribution in [0.2, 0.25) is 10.0 Å². The number of aromatic nitrogens is 2. The lowest BCUT2D eigenvalue weighted by molar-refractivity contribution is -0.132. The van der Waals surface area contributed by atoms with Crippen LogP contribution in [0.4, 0.5) is 5.82 Å². The van der Waals surface area contributed by atoms with Crippen molar-refractivity contribution in [3.05, 3.63) is 112 Å². The number of hydrogen-bond acceptors (Lipinski definition) is 5. The molecule has 1 fully saturated rings. The van der Waals surface area contributed by atoms with Crippen LogP contribution in [0.25, 0.3) is 11.3 Å². The van der Waals surface area contributed by atoms with Crippen LogP contribution in [0, 0.1) is 0 Å². The second-order valence-electron chi connectivity index (χ2n) is 10.0. The first-order valence-corrected chi connectivity index (χ1v) is 14.4. The maximum Gasteiger partial charge on any atom is 0.254 e. The van der Waals surface area contributed by atoms with Crippen LogP contribution < -0.4 is 4.90 Å². The number of nitrogens with zero attached hydrogens (tertiary/aromatic N) is 5. The van der Waals surface area contributed by atoms with Crippen LogP contribution in [-0.2, 0) is 4.79 Å². The van der Waals surface area contributed by atoms with Gasteiger partial charge >= 0.3 is 0 Å². The molecule has 41 heavy (non-hydrogen) atoms. The summed E-state index contributed by atoms with van der Waals surface area (Å²) in [4.78, 5) is 32.9. The Kier molecular flexibility index (Phi) is 9.17. The Morgan fingerprint density at radius 3 is 2.27 bits per heavy atom. The van der Waals surface area contributed by atoms with Crippen molar-refractivity contribution in [2.75, 3.05) is 37.6 Å². The fourth-order valence-corrected chi connectivity index (χ4v) is 5.36. The third kappa shape index (κ3) is 6.87. The Bertz CT molecular complexity index is 1480. The molecule has 1 aliphatic heterocycles. The highest BCUT2D eigenvalue weighted by Gasteiger charge is 2.28. The summed E-state index contributed by atoms with van der Waals surface area (Å²) >= 11 is 12.4. The lowest BCUT2D eigenvalue weighted by atomic mass is 10.1. The molecule has 1 aliphatic rings. The summed E-state index contributed by atoms with van der Waals surface area (Å²) < 4.78 is 0. The maximum atomic E-state index is 13.6. The highest BCUT2D eigenvalue weighted by atomic mass is 35.5. The molecule has 9 heteroatoms. The van der Waals surface area contributed by atoms with Gasteiger partial charge in [0, 0.05) is 42.3 Å². The summed E-state index contributed by atoms with van der Waals surface area (Å²) in [5.41, 5.74) is 3.00. The molecule has 0 spiro atoms. The van der Waals surface area contributed by atoms with Crippen molar-refractivity contribution in [3.63, 3.8) is 0 Å². The van der Waals surface area contributed by atoms with Crippen molar-refractivity contribution in [3.8, 4) is 11.3 Å². The molecule has 0 aliphatic carbocycles. The molecule has 1 saturated heterocycles. The Labute approximate surface area is 250 Å². The zero-order chi connectivity index (χ0) is 28.8. The van der Waals surface area contributed by atoms with E-state index in [0.717, 1.165) is 29.9 Å². The SMILES string of the molecule is CC(c1ccccc1)N(CC(=O)N1CCCN(c2ccc(-c3ccccc3Cl)nn2)CC1)C(=O)c1ccc(Cl)cc1. The van der Waals surface area contributed by atoms with Gasteiger partial charge in [-0.2, -0.15) is 0 Å². The average molecular weight is 589 g/mol. The monoisotopic (exact) mass is 587 g/mol. The molecule has 5 rings (SSSR count). The predicted octanol–water partition coefficient (Wildman–Crippen LogP) is 6.39. The predicted molar refractivity (Wildman–Crippen MR) is 163 cm³/mol. The minimum absolute atomic E-state index is 0.0240. The van der Waals surface area contributed by atoms with Crippen LogP contribution in [0.15, 0.2) is 91.0 Å². The smallest absolute Gasteiger partial charge is 0.254 e. The molecule has 2 amide bonds. The largest absolute Gasteiger partial charge is 0.353 e. The molecule has 0 N–H and O–H groups in total. The number of amides is 2. The Morgan fingerprint density at radius 2 is 1.56 bits per heavy atom. The summed E-state index contributed by atoms with van der Waals surface area (Å²) in [5.74, 6) is 0.459. The van der Waals surface area contributed by atoms with Gasteiger partial charge in [0.05, 0.1) is 16.8 Å². The van der Waals surface area contributed by atoms with E-state index in [4.69, 9.17) is 23.2 Å². The minimum Gasteiger partial charge on any atom is -0.353 e. The van der Waals surface area contributed by atoms with Gasteiger partial charge in [-0.3, -0.25) is 9.59 Å². The van der Waals surface area contributed by atoms with Crippen molar-refractivity contribution in [2.24, 2.45) is 0 Å². The molecule has 3 aromatic carbocycles. The second kappa shape index (κ2) is 13.1. The van der Waals surface area contributed by atoms with Gasteiger partial charge in [-0.25, -0.2) is 0 Å². The Hall–Kier alpha value is -3.94. The maximum absolute atomic E-state index is 13.6. The molecule has 4 aromatic rings. The van der Waals surface area contributed by atoms with E-state index in [1.165, 1.54) is 0 Å². The highest BCUT2D eigenvalue weighted by Crippen LogP contribution is 2.27. The molecule has 0 bridgehead atoms. The van der Waals surface area contributed by atoms with Gasteiger partial charge < -0.3 is 14.7 Å². The van der Waals surface area contributed by atoms with E-state index < -0.39 is 0 Å². The lowest BCUT2D eigenvalue weighted by Gasteiger charge is -2.32. The summed E-state index contributed by atoms with van der Waals surface area (Å²) in [6.07, 6.45) is 0.777. The van der Waals surface area contributed by atoms with Gasteiger partial charge in [-0.1, -0.05) is 71.7 Å². The molecule has 1 atom stereocenters. The minimum atomic E-state index is -0.293. The van der Waals surface area contributed by atoms with Crippen LogP contribution in [0.5, 0.6) is 0 Å². The van der Waals surface area contributed by atoms with Gasteiger partial charge in [-0.05, 0) is 61.4 Å². The summed E-state index contributed by atoms with van der Waals surface area (Å²) in [6, 6.07) is 27.6. The number of carbonyl (C=O) groups excluding carboxylic acids is 2. The Morgan fingerprint density at radius 1 is 0.829 bits per heavy atom. The van der Waals surface area contributed by atoms with E-state index >= 15 is 0 Å². The molecule has 2 heterocycles. The normalized spacial score (nSPS) is 14.3. The molecule has 210 valence electrons. The van der Waals surface area contributed by atoms with Gasteiger partial charge in [0.15, 0.2) is 5.82 Å². The fraction of sp³-hybridized carbons (Fsp3) is 0.250.